The first-order chi connectivity index (χ1) is 19.7. The highest BCUT2D eigenvalue weighted by molar-refractivity contribution is 5.87. The van der Waals surface area contributed by atoms with Crippen molar-refractivity contribution in [1.82, 2.24) is 34.9 Å². The van der Waals surface area contributed by atoms with Crippen molar-refractivity contribution in [3.8, 4) is 0 Å². The van der Waals surface area contributed by atoms with Gasteiger partial charge in [-0.05, 0) is 44.0 Å². The fourth-order valence-corrected chi connectivity index (χ4v) is 5.33. The molecular weight excluding hydrogens is 516 g/mol. The Bertz CT molecular complexity index is 1500. The lowest BCUT2D eigenvalue weighted by molar-refractivity contribution is 0.0656. The van der Waals surface area contributed by atoms with Crippen molar-refractivity contribution in [3.63, 3.8) is 0 Å². The van der Waals surface area contributed by atoms with Crippen LogP contribution in [-0.2, 0) is 12.0 Å². The van der Waals surface area contributed by atoms with Crippen molar-refractivity contribution in [2.45, 2.75) is 64.6 Å². The molecule has 4 aromatic rings. The van der Waals surface area contributed by atoms with Crippen LogP contribution in [0.2, 0.25) is 0 Å². The maximum atomic E-state index is 5.50. The van der Waals surface area contributed by atoms with Crippen LogP contribution in [0.3, 0.4) is 0 Å². The van der Waals surface area contributed by atoms with Gasteiger partial charge in [0.15, 0.2) is 11.6 Å². The van der Waals surface area contributed by atoms with E-state index in [1.165, 1.54) is 0 Å². The van der Waals surface area contributed by atoms with Crippen LogP contribution in [0, 0.1) is 6.92 Å². The van der Waals surface area contributed by atoms with E-state index in [2.05, 4.69) is 98.8 Å². The number of hydrogen-bond donors (Lipinski definition) is 3. The SMILES string of the molecule is Cc1ccc(CNc2cc(C(C)(C)C)on2)cc1Nc1ncnc2cnc(NC3CC(N4CCN(C)CC4)C3)nc12. The van der Waals surface area contributed by atoms with E-state index in [-0.39, 0.29) is 5.41 Å². The summed E-state index contributed by atoms with van der Waals surface area (Å²) in [5.41, 5.74) is 4.48. The van der Waals surface area contributed by atoms with Gasteiger partial charge in [0.1, 0.15) is 23.1 Å². The molecule has 2 aliphatic rings. The molecule has 0 spiro atoms. The minimum Gasteiger partial charge on any atom is -0.363 e. The highest BCUT2D eigenvalue weighted by atomic mass is 16.5. The summed E-state index contributed by atoms with van der Waals surface area (Å²) in [6.45, 7) is 13.6. The first-order valence-electron chi connectivity index (χ1n) is 14.5. The average Bonchev–Trinajstić information content (AvgIpc) is 3.42. The monoisotopic (exact) mass is 556 g/mol. The zero-order valence-corrected chi connectivity index (χ0v) is 24.6. The molecule has 0 unspecified atom stereocenters. The van der Waals surface area contributed by atoms with Crippen LogP contribution in [-0.4, -0.2) is 80.2 Å². The van der Waals surface area contributed by atoms with Gasteiger partial charge in [-0.25, -0.2) is 19.9 Å². The minimum absolute atomic E-state index is 0.0853. The van der Waals surface area contributed by atoms with E-state index in [1.54, 1.807) is 12.5 Å². The molecule has 1 aliphatic carbocycles. The van der Waals surface area contributed by atoms with Crippen LogP contribution in [0.25, 0.3) is 11.0 Å². The Morgan fingerprint density at radius 2 is 1.83 bits per heavy atom. The van der Waals surface area contributed by atoms with Gasteiger partial charge >= 0.3 is 0 Å². The van der Waals surface area contributed by atoms with Gasteiger partial charge in [-0.15, -0.1) is 0 Å². The summed E-state index contributed by atoms with van der Waals surface area (Å²) in [6, 6.07) is 9.32. The Morgan fingerprint density at radius 1 is 1.02 bits per heavy atom. The predicted octanol–water partition coefficient (Wildman–Crippen LogP) is 4.56. The maximum absolute atomic E-state index is 5.50. The Balaban J connectivity index is 1.12. The number of aromatic nitrogens is 5. The number of anilines is 4. The number of nitrogens with zero attached hydrogens (tertiary/aromatic N) is 7. The second kappa shape index (κ2) is 11.2. The summed E-state index contributed by atoms with van der Waals surface area (Å²) >= 11 is 0. The lowest BCUT2D eigenvalue weighted by Crippen LogP contribution is -2.55. The van der Waals surface area contributed by atoms with Crippen LogP contribution in [0.1, 0.15) is 50.5 Å². The normalized spacial score (nSPS) is 20.1. The number of benzene rings is 1. The van der Waals surface area contributed by atoms with Gasteiger partial charge in [0.25, 0.3) is 0 Å². The van der Waals surface area contributed by atoms with E-state index in [9.17, 15) is 0 Å². The Hall–Kier alpha value is -3.83. The van der Waals surface area contributed by atoms with E-state index >= 15 is 0 Å². The summed E-state index contributed by atoms with van der Waals surface area (Å²) in [5, 5.41) is 14.6. The molecule has 1 saturated carbocycles. The van der Waals surface area contributed by atoms with Gasteiger partial charge in [0, 0.05) is 62.0 Å². The minimum atomic E-state index is -0.0853. The molecule has 2 fully saturated rings. The molecule has 1 aromatic carbocycles. The molecule has 6 rings (SSSR count). The third kappa shape index (κ3) is 6.25. The van der Waals surface area contributed by atoms with Gasteiger partial charge in [0.2, 0.25) is 5.95 Å². The largest absolute Gasteiger partial charge is 0.363 e. The van der Waals surface area contributed by atoms with Crippen LogP contribution < -0.4 is 16.0 Å². The van der Waals surface area contributed by atoms with Gasteiger partial charge in [-0.1, -0.05) is 38.1 Å². The molecule has 0 radical (unpaired) electrons. The predicted molar refractivity (Wildman–Crippen MR) is 162 cm³/mol. The van der Waals surface area contributed by atoms with Gasteiger partial charge in [0.05, 0.1) is 6.20 Å². The first kappa shape index (κ1) is 27.3. The molecule has 11 nitrogen and oxygen atoms in total. The molecule has 0 amide bonds. The quantitative estimate of drug-likeness (QED) is 0.283. The number of fused-ring (bicyclic) bond motifs is 1. The Morgan fingerprint density at radius 3 is 2.59 bits per heavy atom. The smallest absolute Gasteiger partial charge is 0.223 e. The average molecular weight is 557 g/mol. The zero-order valence-electron chi connectivity index (χ0n) is 24.6. The van der Waals surface area contributed by atoms with Crippen molar-refractivity contribution in [2.75, 3.05) is 49.2 Å². The third-order valence-electron chi connectivity index (χ3n) is 8.16. The fourth-order valence-electron chi connectivity index (χ4n) is 5.33. The molecule has 3 N–H and O–H groups in total. The Labute approximate surface area is 241 Å². The van der Waals surface area contributed by atoms with Crippen LogP contribution >= 0.6 is 0 Å². The van der Waals surface area contributed by atoms with E-state index in [4.69, 9.17) is 9.51 Å². The third-order valence-corrected chi connectivity index (χ3v) is 8.16. The fraction of sp³-hybridized carbons (Fsp3) is 0.500. The number of hydrogen-bond acceptors (Lipinski definition) is 11. The number of nitrogens with one attached hydrogen (secondary N) is 3. The molecule has 41 heavy (non-hydrogen) atoms. The van der Waals surface area contributed by atoms with E-state index in [1.807, 2.05) is 6.07 Å². The Kier molecular flexibility index (Phi) is 7.48. The second-order valence-electron chi connectivity index (χ2n) is 12.4. The molecule has 0 bridgehead atoms. The highest BCUT2D eigenvalue weighted by Crippen LogP contribution is 2.30. The van der Waals surface area contributed by atoms with E-state index in [0.29, 0.717) is 41.4 Å². The second-order valence-corrected chi connectivity index (χ2v) is 12.4. The molecule has 11 heteroatoms. The van der Waals surface area contributed by atoms with Crippen LogP contribution in [0.5, 0.6) is 0 Å². The lowest BCUT2D eigenvalue weighted by atomic mass is 9.85. The topological polar surface area (TPSA) is 120 Å². The van der Waals surface area contributed by atoms with Gasteiger partial charge < -0.3 is 25.4 Å². The van der Waals surface area contributed by atoms with Crippen LogP contribution in [0.4, 0.5) is 23.3 Å². The number of rotatable bonds is 8. The number of piperazine rings is 1. The van der Waals surface area contributed by atoms with E-state index < -0.39 is 0 Å². The maximum Gasteiger partial charge on any atom is 0.223 e. The standard InChI is InChI=1S/C30H40N10O/c1-19-6-7-20(16-31-26-15-25(41-38-26)30(2,3)4)12-23(19)36-28-27-24(33-18-34-28)17-32-29(37-27)35-21-13-22(14-21)40-10-8-39(5)9-11-40/h6-7,12,15,17-18,21-22H,8-11,13-14,16H2,1-5H3,(H,31,38)(H,32,35,37)(H,33,34,36). The summed E-state index contributed by atoms with van der Waals surface area (Å²) < 4.78 is 5.50. The number of likely N-dealkylation sites (N-methyl/N-ethyl adjacent to an activating group) is 1. The summed E-state index contributed by atoms with van der Waals surface area (Å²) in [4.78, 5) is 23.3. The summed E-state index contributed by atoms with van der Waals surface area (Å²) in [6.07, 6.45) is 5.55. The molecule has 4 heterocycles. The van der Waals surface area contributed by atoms with Crippen molar-refractivity contribution >= 4 is 34.3 Å². The highest BCUT2D eigenvalue weighted by Gasteiger charge is 2.35. The molecule has 3 aromatic heterocycles. The van der Waals surface area contributed by atoms with E-state index in [0.717, 1.165) is 67.4 Å². The molecule has 1 aliphatic heterocycles. The van der Waals surface area contributed by atoms with Crippen molar-refractivity contribution in [3.05, 3.63) is 53.7 Å². The van der Waals surface area contributed by atoms with Crippen molar-refractivity contribution in [2.24, 2.45) is 0 Å². The first-order valence-corrected chi connectivity index (χ1v) is 14.5. The summed E-state index contributed by atoms with van der Waals surface area (Å²) in [5.74, 6) is 2.85. The lowest BCUT2D eigenvalue weighted by Gasteiger charge is -2.46. The van der Waals surface area contributed by atoms with Crippen molar-refractivity contribution < 1.29 is 4.52 Å². The molecule has 216 valence electrons. The van der Waals surface area contributed by atoms with Crippen molar-refractivity contribution in [1.29, 1.82) is 0 Å². The molecular formula is C30H40N10O. The van der Waals surface area contributed by atoms with Gasteiger partial charge in [-0.2, -0.15) is 0 Å². The summed E-state index contributed by atoms with van der Waals surface area (Å²) in [7, 11) is 2.20. The zero-order chi connectivity index (χ0) is 28.6. The molecule has 1 saturated heterocycles. The number of aryl methyl sites for hydroxylation is 1. The van der Waals surface area contributed by atoms with Gasteiger partial charge in [-0.3, -0.25) is 4.90 Å². The van der Waals surface area contributed by atoms with Crippen LogP contribution in [0.15, 0.2) is 41.3 Å². The molecule has 0 atom stereocenters.